The van der Waals surface area contributed by atoms with Crippen LogP contribution < -0.4 is 5.73 Å². The van der Waals surface area contributed by atoms with Crippen molar-refractivity contribution in [1.29, 1.82) is 0 Å². The molecule has 0 aliphatic rings. The van der Waals surface area contributed by atoms with Gasteiger partial charge in [0, 0.05) is 30.4 Å². The van der Waals surface area contributed by atoms with E-state index in [1.165, 1.54) is 0 Å². The number of nitrogens with two attached hydrogens (primary N) is 1. The van der Waals surface area contributed by atoms with Gasteiger partial charge in [-0.1, -0.05) is 12.1 Å². The van der Waals surface area contributed by atoms with Crippen LogP contribution in [0.1, 0.15) is 24.8 Å². The predicted octanol–water partition coefficient (Wildman–Crippen LogP) is 1.72. The maximum Gasteiger partial charge on any atom is 0.228 e. The second kappa shape index (κ2) is 5.05. The first-order chi connectivity index (χ1) is 8.20. The zero-order chi connectivity index (χ0) is 12.3. The number of aryl methyl sites for hydroxylation is 1. The van der Waals surface area contributed by atoms with Crippen molar-refractivity contribution in [2.24, 2.45) is 5.73 Å². The smallest absolute Gasteiger partial charge is 0.228 e. The van der Waals surface area contributed by atoms with Crippen molar-refractivity contribution in [3.63, 3.8) is 0 Å². The molecule has 0 bridgehead atoms. The predicted molar refractivity (Wildman–Crippen MR) is 64.2 cm³/mol. The van der Waals surface area contributed by atoms with Crippen molar-refractivity contribution < 1.29 is 4.52 Å². The van der Waals surface area contributed by atoms with Crippen LogP contribution in [0.2, 0.25) is 0 Å². The van der Waals surface area contributed by atoms with E-state index in [0.29, 0.717) is 18.1 Å². The van der Waals surface area contributed by atoms with Crippen molar-refractivity contribution >= 4 is 0 Å². The monoisotopic (exact) mass is 232 g/mol. The third-order valence-corrected chi connectivity index (χ3v) is 2.71. The summed E-state index contributed by atoms with van der Waals surface area (Å²) in [5.74, 6) is 1.16. The molecule has 0 fully saturated rings. The van der Waals surface area contributed by atoms with E-state index in [4.69, 9.17) is 10.3 Å². The minimum Gasteiger partial charge on any atom is -0.339 e. The molecule has 2 rings (SSSR count). The molecule has 90 valence electrons. The van der Waals surface area contributed by atoms with Crippen LogP contribution in [0.3, 0.4) is 0 Å². The van der Waals surface area contributed by atoms with Gasteiger partial charge >= 0.3 is 0 Å². The zero-order valence-electron chi connectivity index (χ0n) is 10.1. The van der Waals surface area contributed by atoms with Crippen molar-refractivity contribution in [2.45, 2.75) is 32.7 Å². The van der Waals surface area contributed by atoms with Gasteiger partial charge in [0.1, 0.15) is 0 Å². The van der Waals surface area contributed by atoms with Crippen LogP contribution in [-0.2, 0) is 6.42 Å². The second-order valence-corrected chi connectivity index (χ2v) is 4.07. The lowest BCUT2D eigenvalue weighted by molar-refractivity contribution is 0.368. The largest absolute Gasteiger partial charge is 0.339 e. The fourth-order valence-corrected chi connectivity index (χ4v) is 1.51. The molecule has 0 saturated heterocycles. The molecule has 2 aromatic heterocycles. The summed E-state index contributed by atoms with van der Waals surface area (Å²) in [7, 11) is 0. The van der Waals surface area contributed by atoms with E-state index in [2.05, 4.69) is 15.1 Å². The summed E-state index contributed by atoms with van der Waals surface area (Å²) < 4.78 is 5.18. The van der Waals surface area contributed by atoms with Gasteiger partial charge in [-0.25, -0.2) is 0 Å². The van der Waals surface area contributed by atoms with Gasteiger partial charge in [-0.15, -0.1) is 0 Å². The number of aromatic nitrogens is 3. The molecule has 5 nitrogen and oxygen atoms in total. The Morgan fingerprint density at radius 1 is 1.47 bits per heavy atom. The van der Waals surface area contributed by atoms with Gasteiger partial charge in [0.25, 0.3) is 0 Å². The number of hydrogen-bond acceptors (Lipinski definition) is 5. The van der Waals surface area contributed by atoms with Crippen LogP contribution in [-0.4, -0.2) is 21.2 Å². The fraction of sp³-hybridized carbons (Fsp3) is 0.417. The molecule has 1 atom stereocenters. The summed E-state index contributed by atoms with van der Waals surface area (Å²) in [5, 5.41) is 3.95. The highest BCUT2D eigenvalue weighted by Gasteiger charge is 2.12. The highest BCUT2D eigenvalue weighted by molar-refractivity contribution is 5.57. The summed E-state index contributed by atoms with van der Waals surface area (Å²) in [5.41, 5.74) is 7.81. The van der Waals surface area contributed by atoms with Crippen molar-refractivity contribution in [3.05, 3.63) is 29.9 Å². The van der Waals surface area contributed by atoms with Crippen LogP contribution >= 0.6 is 0 Å². The Bertz CT molecular complexity index is 495. The molecular formula is C12H16N4O. The summed E-state index contributed by atoms with van der Waals surface area (Å²) >= 11 is 0. The third-order valence-electron chi connectivity index (χ3n) is 2.71. The summed E-state index contributed by atoms with van der Waals surface area (Å²) in [4.78, 5) is 8.39. The van der Waals surface area contributed by atoms with Crippen molar-refractivity contribution in [3.8, 4) is 11.4 Å². The quantitative estimate of drug-likeness (QED) is 0.868. The molecule has 0 spiro atoms. The van der Waals surface area contributed by atoms with E-state index < -0.39 is 0 Å². The van der Waals surface area contributed by atoms with Crippen molar-refractivity contribution in [2.75, 3.05) is 0 Å². The number of hydrogen-bond donors (Lipinski definition) is 1. The Labute approximate surface area is 100 Å². The summed E-state index contributed by atoms with van der Waals surface area (Å²) in [6.07, 6.45) is 4.99. The average molecular weight is 232 g/mol. The molecule has 0 aliphatic carbocycles. The number of nitrogens with zero attached hydrogens (tertiary/aromatic N) is 3. The second-order valence-electron chi connectivity index (χ2n) is 4.07. The molecule has 0 amide bonds. The van der Waals surface area contributed by atoms with Crippen LogP contribution in [0.4, 0.5) is 0 Å². The molecule has 0 radical (unpaired) electrons. The third kappa shape index (κ3) is 2.68. The molecule has 0 aliphatic heterocycles. The van der Waals surface area contributed by atoms with E-state index in [1.54, 1.807) is 12.4 Å². The Kier molecular flexibility index (Phi) is 3.49. The van der Waals surface area contributed by atoms with Gasteiger partial charge in [0.05, 0.1) is 0 Å². The first-order valence-corrected chi connectivity index (χ1v) is 5.70. The molecule has 0 saturated carbocycles. The lowest BCUT2D eigenvalue weighted by Crippen LogP contribution is -2.21. The standard InChI is InChI=1S/C12H16N4O/c1-3-9(13)6-11-15-12(16-17-11)10-7-14-5-4-8(10)2/h4-5,7,9H,3,6,13H2,1-2H3. The summed E-state index contributed by atoms with van der Waals surface area (Å²) in [6, 6.07) is 1.99. The first-order valence-electron chi connectivity index (χ1n) is 5.70. The molecule has 2 N–H and O–H groups in total. The Morgan fingerprint density at radius 2 is 2.29 bits per heavy atom. The normalized spacial score (nSPS) is 12.6. The lowest BCUT2D eigenvalue weighted by Gasteiger charge is -2.02. The van der Waals surface area contributed by atoms with Crippen molar-refractivity contribution in [1.82, 2.24) is 15.1 Å². The van der Waals surface area contributed by atoms with Gasteiger partial charge in [-0.3, -0.25) is 4.98 Å². The van der Waals surface area contributed by atoms with E-state index >= 15 is 0 Å². The highest BCUT2D eigenvalue weighted by Crippen LogP contribution is 2.18. The SMILES string of the molecule is CCC(N)Cc1nc(-c2cnccc2C)no1. The minimum absolute atomic E-state index is 0.0679. The molecule has 1 unspecified atom stereocenters. The van der Waals surface area contributed by atoms with Crippen LogP contribution in [0.5, 0.6) is 0 Å². The van der Waals surface area contributed by atoms with E-state index in [1.807, 2.05) is 19.9 Å². The summed E-state index contributed by atoms with van der Waals surface area (Å²) in [6.45, 7) is 4.03. The number of rotatable bonds is 4. The molecular weight excluding hydrogens is 216 g/mol. The lowest BCUT2D eigenvalue weighted by atomic mass is 10.1. The van der Waals surface area contributed by atoms with Gasteiger partial charge < -0.3 is 10.3 Å². The Hall–Kier alpha value is -1.75. The molecule has 5 heteroatoms. The average Bonchev–Trinajstić information content (AvgIpc) is 2.78. The fourth-order valence-electron chi connectivity index (χ4n) is 1.51. The van der Waals surface area contributed by atoms with Gasteiger partial charge in [0.2, 0.25) is 11.7 Å². The first kappa shape index (κ1) is 11.7. The minimum atomic E-state index is 0.0679. The Balaban J connectivity index is 2.21. The molecule has 0 aromatic carbocycles. The molecule has 2 aromatic rings. The zero-order valence-corrected chi connectivity index (χ0v) is 10.1. The van der Waals surface area contributed by atoms with Crippen LogP contribution in [0, 0.1) is 6.92 Å². The van der Waals surface area contributed by atoms with Gasteiger partial charge in [0.15, 0.2) is 0 Å². The van der Waals surface area contributed by atoms with Crippen LogP contribution in [0.25, 0.3) is 11.4 Å². The topological polar surface area (TPSA) is 77.8 Å². The van der Waals surface area contributed by atoms with E-state index in [-0.39, 0.29) is 6.04 Å². The van der Waals surface area contributed by atoms with Gasteiger partial charge in [-0.2, -0.15) is 4.98 Å². The number of pyridine rings is 1. The maximum absolute atomic E-state index is 5.84. The van der Waals surface area contributed by atoms with E-state index in [0.717, 1.165) is 17.5 Å². The van der Waals surface area contributed by atoms with Gasteiger partial charge in [-0.05, 0) is 25.0 Å². The van der Waals surface area contributed by atoms with E-state index in [9.17, 15) is 0 Å². The van der Waals surface area contributed by atoms with Crippen LogP contribution in [0.15, 0.2) is 23.0 Å². The molecule has 17 heavy (non-hydrogen) atoms. The maximum atomic E-state index is 5.84. The molecule has 2 heterocycles. The highest BCUT2D eigenvalue weighted by atomic mass is 16.5. The Morgan fingerprint density at radius 3 is 3.00 bits per heavy atom.